The van der Waals surface area contributed by atoms with Gasteiger partial charge in [-0.3, -0.25) is 20.4 Å². The second-order valence-electron chi connectivity index (χ2n) is 4.87. The van der Waals surface area contributed by atoms with Crippen molar-refractivity contribution < 1.29 is 19.1 Å². The maximum absolute atomic E-state index is 12.1. The number of hydrogen-bond acceptors (Lipinski definition) is 4. The van der Waals surface area contributed by atoms with Crippen LogP contribution in [0, 0.1) is 3.57 Å². The second-order valence-corrected chi connectivity index (χ2v) is 6.03. The predicted molar refractivity (Wildman–Crippen MR) is 103 cm³/mol. The van der Waals surface area contributed by atoms with Gasteiger partial charge in [0, 0.05) is 17.2 Å². The van der Waals surface area contributed by atoms with E-state index >= 15 is 0 Å². The predicted octanol–water partition coefficient (Wildman–Crippen LogP) is 2.78. The van der Waals surface area contributed by atoms with Gasteiger partial charge < -0.3 is 9.47 Å². The van der Waals surface area contributed by atoms with E-state index in [1.807, 2.05) is 18.2 Å². The average Bonchev–Trinajstić information content (AvgIpc) is 2.64. The highest BCUT2D eigenvalue weighted by atomic mass is 127. The van der Waals surface area contributed by atoms with Crippen molar-refractivity contribution in [1.82, 2.24) is 10.9 Å². The van der Waals surface area contributed by atoms with Crippen molar-refractivity contribution in [2.75, 3.05) is 14.2 Å². The van der Waals surface area contributed by atoms with Crippen molar-refractivity contribution in [2.24, 2.45) is 0 Å². The molecule has 0 aliphatic heterocycles. The van der Waals surface area contributed by atoms with Gasteiger partial charge >= 0.3 is 0 Å². The van der Waals surface area contributed by atoms with Gasteiger partial charge in [0.15, 0.2) is 0 Å². The van der Waals surface area contributed by atoms with Gasteiger partial charge in [-0.15, -0.1) is 0 Å². The van der Waals surface area contributed by atoms with Crippen LogP contribution in [-0.4, -0.2) is 26.0 Å². The second kappa shape index (κ2) is 9.07. The van der Waals surface area contributed by atoms with E-state index in [0.29, 0.717) is 17.1 Å². The molecule has 2 N–H and O–H groups in total. The SMILES string of the molecule is COc1ccc(C(=O)NNC(=O)C=Cc2ccccc2OC)cc1I. The lowest BCUT2D eigenvalue weighted by Gasteiger charge is -2.08. The Bertz CT molecular complexity index is 805. The van der Waals surface area contributed by atoms with Gasteiger partial charge in [-0.05, 0) is 52.9 Å². The normalized spacial score (nSPS) is 10.4. The first-order valence-electron chi connectivity index (χ1n) is 7.30. The first-order valence-corrected chi connectivity index (χ1v) is 8.38. The molecular weight excluding hydrogens is 435 g/mol. The summed E-state index contributed by atoms with van der Waals surface area (Å²) in [5.74, 6) is 0.464. The fraction of sp³-hybridized carbons (Fsp3) is 0.111. The van der Waals surface area contributed by atoms with Crippen LogP contribution in [0.5, 0.6) is 11.5 Å². The van der Waals surface area contributed by atoms with Crippen molar-refractivity contribution in [3.8, 4) is 11.5 Å². The quantitative estimate of drug-likeness (QED) is 0.416. The smallest absolute Gasteiger partial charge is 0.269 e. The third-order valence-electron chi connectivity index (χ3n) is 3.27. The zero-order valence-corrected chi connectivity index (χ0v) is 15.9. The van der Waals surface area contributed by atoms with Crippen LogP contribution in [0.3, 0.4) is 0 Å². The van der Waals surface area contributed by atoms with Crippen LogP contribution in [0.15, 0.2) is 48.5 Å². The minimum absolute atomic E-state index is 0.416. The van der Waals surface area contributed by atoms with E-state index in [2.05, 4.69) is 33.4 Å². The molecule has 0 atom stereocenters. The highest BCUT2D eigenvalue weighted by Crippen LogP contribution is 2.21. The summed E-state index contributed by atoms with van der Waals surface area (Å²) >= 11 is 2.07. The third kappa shape index (κ3) is 5.21. The number of amides is 2. The monoisotopic (exact) mass is 452 g/mol. The molecule has 25 heavy (non-hydrogen) atoms. The van der Waals surface area contributed by atoms with Crippen LogP contribution in [0.25, 0.3) is 6.08 Å². The lowest BCUT2D eigenvalue weighted by atomic mass is 10.2. The molecule has 0 spiro atoms. The van der Waals surface area contributed by atoms with E-state index < -0.39 is 11.8 Å². The number of para-hydroxylation sites is 1. The zero-order valence-electron chi connectivity index (χ0n) is 13.7. The minimum atomic E-state index is -0.456. The summed E-state index contributed by atoms with van der Waals surface area (Å²) in [7, 11) is 3.12. The summed E-state index contributed by atoms with van der Waals surface area (Å²) in [5, 5.41) is 0. The molecule has 0 saturated carbocycles. The van der Waals surface area contributed by atoms with E-state index in [1.54, 1.807) is 44.6 Å². The largest absolute Gasteiger partial charge is 0.496 e. The summed E-state index contributed by atoms with van der Waals surface area (Å²) in [5.41, 5.74) is 5.88. The first kappa shape index (κ1) is 18.8. The van der Waals surface area contributed by atoms with Gasteiger partial charge in [0.1, 0.15) is 11.5 Å². The molecule has 0 bridgehead atoms. The maximum atomic E-state index is 12.1. The molecule has 0 aliphatic carbocycles. The number of nitrogens with one attached hydrogen (secondary N) is 2. The third-order valence-corrected chi connectivity index (χ3v) is 4.11. The molecule has 2 rings (SSSR count). The van der Waals surface area contributed by atoms with Crippen LogP contribution in [-0.2, 0) is 4.79 Å². The number of ether oxygens (including phenoxy) is 2. The number of carbonyl (C=O) groups excluding carboxylic acids is 2. The van der Waals surface area contributed by atoms with E-state index in [9.17, 15) is 9.59 Å². The first-order chi connectivity index (χ1) is 12.0. The number of methoxy groups -OCH3 is 2. The Kier molecular flexibility index (Phi) is 6.81. The molecular formula is C18H17IN2O4. The van der Waals surface area contributed by atoms with E-state index in [-0.39, 0.29) is 0 Å². The number of hydrazine groups is 1. The Hall–Kier alpha value is -2.55. The Morgan fingerprint density at radius 3 is 2.40 bits per heavy atom. The van der Waals surface area contributed by atoms with Crippen LogP contribution in [0.2, 0.25) is 0 Å². The number of carbonyl (C=O) groups is 2. The number of hydrogen-bond donors (Lipinski definition) is 2. The Labute approximate surface area is 159 Å². The minimum Gasteiger partial charge on any atom is -0.496 e. The number of benzene rings is 2. The fourth-order valence-electron chi connectivity index (χ4n) is 2.01. The van der Waals surface area contributed by atoms with E-state index in [1.165, 1.54) is 6.08 Å². The van der Waals surface area contributed by atoms with E-state index in [4.69, 9.17) is 9.47 Å². The molecule has 2 aromatic carbocycles. The van der Waals surface area contributed by atoms with Gasteiger partial charge in [-0.25, -0.2) is 0 Å². The molecule has 6 nitrogen and oxygen atoms in total. The molecule has 130 valence electrons. The van der Waals surface area contributed by atoms with Crippen LogP contribution >= 0.6 is 22.6 Å². The van der Waals surface area contributed by atoms with Crippen molar-refractivity contribution in [1.29, 1.82) is 0 Å². The highest BCUT2D eigenvalue weighted by molar-refractivity contribution is 14.1. The summed E-state index contributed by atoms with van der Waals surface area (Å²) in [6, 6.07) is 12.3. The molecule has 0 aliphatic rings. The van der Waals surface area contributed by atoms with Gasteiger partial charge in [-0.2, -0.15) is 0 Å². The summed E-state index contributed by atoms with van der Waals surface area (Å²) in [4.78, 5) is 23.9. The lowest BCUT2D eigenvalue weighted by molar-refractivity contribution is -0.117. The van der Waals surface area contributed by atoms with Crippen LogP contribution in [0.1, 0.15) is 15.9 Å². The summed E-state index contributed by atoms with van der Waals surface area (Å²) < 4.78 is 11.1. The number of halogens is 1. The summed E-state index contributed by atoms with van der Waals surface area (Å²) in [6.07, 6.45) is 2.92. The van der Waals surface area contributed by atoms with Gasteiger partial charge in [0.25, 0.3) is 11.8 Å². The topological polar surface area (TPSA) is 76.7 Å². The summed E-state index contributed by atoms with van der Waals surface area (Å²) in [6.45, 7) is 0. The Balaban J connectivity index is 1.94. The van der Waals surface area contributed by atoms with Crippen LogP contribution in [0.4, 0.5) is 0 Å². The molecule has 0 aromatic heterocycles. The standard InChI is InChI=1S/C18H17IN2O4/c1-24-15-6-4-3-5-12(15)8-10-17(22)20-21-18(23)13-7-9-16(25-2)14(19)11-13/h3-11H,1-2H3,(H,20,22)(H,21,23). The molecule has 0 heterocycles. The molecule has 0 radical (unpaired) electrons. The van der Waals surface area contributed by atoms with Gasteiger partial charge in [-0.1, -0.05) is 18.2 Å². The number of rotatable bonds is 5. The van der Waals surface area contributed by atoms with Crippen molar-refractivity contribution in [2.45, 2.75) is 0 Å². The maximum Gasteiger partial charge on any atom is 0.269 e. The zero-order chi connectivity index (χ0) is 18.2. The molecule has 2 aromatic rings. The van der Waals surface area contributed by atoms with E-state index in [0.717, 1.165) is 9.13 Å². The average molecular weight is 452 g/mol. The van der Waals surface area contributed by atoms with Gasteiger partial charge in [0.2, 0.25) is 0 Å². The van der Waals surface area contributed by atoms with Gasteiger partial charge in [0.05, 0.1) is 17.8 Å². The Morgan fingerprint density at radius 1 is 1.00 bits per heavy atom. The molecule has 0 fully saturated rings. The van der Waals surface area contributed by atoms with Crippen molar-refractivity contribution in [3.63, 3.8) is 0 Å². The lowest BCUT2D eigenvalue weighted by Crippen LogP contribution is -2.40. The molecule has 0 unspecified atom stereocenters. The highest BCUT2D eigenvalue weighted by Gasteiger charge is 2.09. The van der Waals surface area contributed by atoms with Crippen LogP contribution < -0.4 is 20.3 Å². The fourth-order valence-corrected chi connectivity index (χ4v) is 2.74. The molecule has 0 saturated heterocycles. The molecule has 7 heteroatoms. The Morgan fingerprint density at radius 2 is 1.72 bits per heavy atom. The van der Waals surface area contributed by atoms with Crippen molar-refractivity contribution in [3.05, 3.63) is 63.2 Å². The van der Waals surface area contributed by atoms with Crippen molar-refractivity contribution >= 4 is 40.5 Å². The molecule has 2 amide bonds.